The smallest absolute Gasteiger partial charge is 0.262 e. The van der Waals surface area contributed by atoms with Crippen molar-refractivity contribution in [2.75, 3.05) is 25.0 Å². The van der Waals surface area contributed by atoms with Gasteiger partial charge in [-0.15, -0.1) is 0 Å². The van der Waals surface area contributed by atoms with E-state index in [1.165, 1.54) is 29.7 Å². The summed E-state index contributed by atoms with van der Waals surface area (Å²) in [5.41, 5.74) is 0.851. The minimum absolute atomic E-state index is 0.0642. The number of nitrogens with one attached hydrogen (secondary N) is 1. The van der Waals surface area contributed by atoms with Gasteiger partial charge in [-0.05, 0) is 37.0 Å². The van der Waals surface area contributed by atoms with Gasteiger partial charge < -0.3 is 14.6 Å². The molecule has 0 spiro atoms. The van der Waals surface area contributed by atoms with Crippen molar-refractivity contribution in [3.63, 3.8) is 0 Å². The summed E-state index contributed by atoms with van der Waals surface area (Å²) in [6, 6.07) is 7.26. The number of sulfonamides is 1. The van der Waals surface area contributed by atoms with Crippen LogP contribution in [0.2, 0.25) is 5.02 Å². The van der Waals surface area contributed by atoms with Gasteiger partial charge in [0.05, 0.1) is 18.5 Å². The molecule has 2 fully saturated rings. The van der Waals surface area contributed by atoms with Gasteiger partial charge in [-0.1, -0.05) is 17.7 Å². The van der Waals surface area contributed by atoms with Crippen molar-refractivity contribution in [3.05, 3.63) is 41.8 Å². The molecule has 7 nitrogen and oxygen atoms in total. The normalized spacial score (nSPS) is 23.6. The van der Waals surface area contributed by atoms with Crippen LogP contribution in [-0.2, 0) is 21.8 Å². The van der Waals surface area contributed by atoms with Crippen molar-refractivity contribution in [1.29, 1.82) is 0 Å². The molecule has 9 heteroatoms. The molecule has 146 valence electrons. The third kappa shape index (κ3) is 4.29. The van der Waals surface area contributed by atoms with E-state index in [0.717, 1.165) is 5.69 Å². The molecule has 1 aliphatic carbocycles. The largest absolute Gasteiger partial charge is 0.378 e. The lowest BCUT2D eigenvalue weighted by atomic mass is 10.2. The summed E-state index contributed by atoms with van der Waals surface area (Å²) >= 11 is 6.07. The van der Waals surface area contributed by atoms with Gasteiger partial charge in [-0.2, -0.15) is 4.31 Å². The number of anilines is 1. The fraction of sp³-hybridized carbons (Fsp3) is 0.500. The third-order valence-electron chi connectivity index (χ3n) is 4.94. The molecule has 27 heavy (non-hydrogen) atoms. The van der Waals surface area contributed by atoms with E-state index in [2.05, 4.69) is 10.3 Å². The Kier molecular flexibility index (Phi) is 5.15. The van der Waals surface area contributed by atoms with Gasteiger partial charge >= 0.3 is 0 Å². The van der Waals surface area contributed by atoms with E-state index in [-0.39, 0.29) is 17.2 Å². The maximum atomic E-state index is 12.9. The molecular weight excluding hydrogens is 388 g/mol. The van der Waals surface area contributed by atoms with Crippen LogP contribution >= 0.6 is 11.6 Å². The SMILES string of the molecule is Cn1cnc(S(=O)(=O)N2C[C@@H](Nc3cccc(Cl)c3)[C@H](OCC3CC3)C2)c1. The second kappa shape index (κ2) is 7.43. The predicted molar refractivity (Wildman–Crippen MR) is 103 cm³/mol. The summed E-state index contributed by atoms with van der Waals surface area (Å²) in [7, 11) is -1.90. The molecule has 2 aliphatic rings. The van der Waals surface area contributed by atoms with Gasteiger partial charge in [0.1, 0.15) is 0 Å². The average Bonchev–Trinajstić information content (AvgIpc) is 3.20. The first kappa shape index (κ1) is 18.7. The highest BCUT2D eigenvalue weighted by Gasteiger charge is 2.41. The summed E-state index contributed by atoms with van der Waals surface area (Å²) in [4.78, 5) is 4.02. The Bertz CT molecular complexity index is 913. The highest BCUT2D eigenvalue weighted by Crippen LogP contribution is 2.31. The minimum Gasteiger partial charge on any atom is -0.378 e. The van der Waals surface area contributed by atoms with E-state index in [4.69, 9.17) is 16.3 Å². The zero-order valence-electron chi connectivity index (χ0n) is 15.1. The molecule has 1 aromatic heterocycles. The first-order valence-electron chi connectivity index (χ1n) is 9.03. The number of ether oxygens (including phenoxy) is 1. The Labute approximate surface area is 164 Å². The number of halogens is 1. The monoisotopic (exact) mass is 410 g/mol. The van der Waals surface area contributed by atoms with Crippen LogP contribution in [0.15, 0.2) is 41.8 Å². The summed E-state index contributed by atoms with van der Waals surface area (Å²) < 4.78 is 35.0. The summed E-state index contributed by atoms with van der Waals surface area (Å²) in [6.07, 6.45) is 5.17. The van der Waals surface area contributed by atoms with Crippen LogP contribution in [0, 0.1) is 5.92 Å². The number of benzene rings is 1. The fourth-order valence-electron chi connectivity index (χ4n) is 3.23. The second-order valence-corrected chi connectivity index (χ2v) is 9.60. The van der Waals surface area contributed by atoms with Gasteiger partial charge in [0.15, 0.2) is 5.03 Å². The minimum atomic E-state index is -3.65. The maximum absolute atomic E-state index is 12.9. The first-order chi connectivity index (χ1) is 12.9. The molecule has 1 N–H and O–H groups in total. The molecule has 1 aliphatic heterocycles. The third-order valence-corrected chi connectivity index (χ3v) is 6.89. The van der Waals surface area contributed by atoms with E-state index >= 15 is 0 Å². The lowest BCUT2D eigenvalue weighted by Gasteiger charge is -2.21. The van der Waals surface area contributed by atoms with Crippen molar-refractivity contribution >= 4 is 27.3 Å². The molecule has 2 atom stereocenters. The van der Waals surface area contributed by atoms with Crippen LogP contribution < -0.4 is 5.32 Å². The molecule has 0 amide bonds. The number of imidazole rings is 1. The van der Waals surface area contributed by atoms with Gasteiger partial charge in [0.2, 0.25) is 0 Å². The standard InChI is InChI=1S/C18H23ClN4O3S/c1-22-10-18(20-12-22)27(24,25)23-8-16(17(9-23)26-11-13-5-6-13)21-15-4-2-3-14(19)7-15/h2-4,7,10,12-13,16-17,21H,5-6,8-9,11H2,1H3/t16-,17-/m1/s1. The van der Waals surface area contributed by atoms with Crippen molar-refractivity contribution in [2.24, 2.45) is 13.0 Å². The number of aromatic nitrogens is 2. The molecule has 2 aromatic rings. The van der Waals surface area contributed by atoms with Gasteiger partial charge in [-0.25, -0.2) is 13.4 Å². The Hall–Kier alpha value is -1.61. The Morgan fingerprint density at radius 2 is 2.15 bits per heavy atom. The molecule has 1 saturated carbocycles. The number of hydrogen-bond acceptors (Lipinski definition) is 5. The van der Waals surface area contributed by atoms with E-state index < -0.39 is 10.0 Å². The number of nitrogens with zero attached hydrogens (tertiary/aromatic N) is 3. The van der Waals surface area contributed by atoms with Crippen LogP contribution in [0.1, 0.15) is 12.8 Å². The molecule has 0 unspecified atom stereocenters. The van der Waals surface area contributed by atoms with Crippen LogP contribution in [0.4, 0.5) is 5.69 Å². The highest BCUT2D eigenvalue weighted by molar-refractivity contribution is 7.89. The number of hydrogen-bond donors (Lipinski definition) is 1. The van der Waals surface area contributed by atoms with Gasteiger partial charge in [0.25, 0.3) is 10.0 Å². The fourth-order valence-corrected chi connectivity index (χ4v) is 4.87. The Morgan fingerprint density at radius 3 is 2.81 bits per heavy atom. The van der Waals surface area contributed by atoms with Crippen molar-refractivity contribution in [1.82, 2.24) is 13.9 Å². The van der Waals surface area contributed by atoms with E-state index in [1.54, 1.807) is 17.7 Å². The molecule has 1 saturated heterocycles. The van der Waals surface area contributed by atoms with Crippen LogP contribution in [-0.4, -0.2) is 54.1 Å². The molecule has 4 rings (SSSR count). The second-order valence-electron chi connectivity index (χ2n) is 7.28. The maximum Gasteiger partial charge on any atom is 0.262 e. The van der Waals surface area contributed by atoms with E-state index in [9.17, 15) is 8.42 Å². The van der Waals surface area contributed by atoms with Crippen molar-refractivity contribution in [2.45, 2.75) is 30.0 Å². The zero-order chi connectivity index (χ0) is 19.0. The highest BCUT2D eigenvalue weighted by atomic mass is 35.5. The quantitative estimate of drug-likeness (QED) is 0.758. The van der Waals surface area contributed by atoms with Gasteiger partial charge in [-0.3, -0.25) is 0 Å². The van der Waals surface area contributed by atoms with Crippen LogP contribution in [0.5, 0.6) is 0 Å². The van der Waals surface area contributed by atoms with Crippen molar-refractivity contribution in [3.8, 4) is 0 Å². The van der Waals surface area contributed by atoms with Crippen molar-refractivity contribution < 1.29 is 13.2 Å². The molecule has 0 radical (unpaired) electrons. The molecule has 1 aromatic carbocycles. The predicted octanol–water partition coefficient (Wildman–Crippen LogP) is 2.35. The van der Waals surface area contributed by atoms with Gasteiger partial charge in [0, 0.05) is 43.7 Å². The first-order valence-corrected chi connectivity index (χ1v) is 10.9. The number of aryl methyl sites for hydroxylation is 1. The van der Waals surface area contributed by atoms with Crippen LogP contribution in [0.3, 0.4) is 0 Å². The molecular formula is C18H23ClN4O3S. The number of rotatable bonds is 7. The summed E-state index contributed by atoms with van der Waals surface area (Å²) in [5, 5.41) is 4.09. The average molecular weight is 411 g/mol. The lowest BCUT2D eigenvalue weighted by Crippen LogP contribution is -2.35. The molecule has 0 bridgehead atoms. The Morgan fingerprint density at radius 1 is 1.33 bits per heavy atom. The topological polar surface area (TPSA) is 76.5 Å². The lowest BCUT2D eigenvalue weighted by molar-refractivity contribution is 0.0506. The van der Waals surface area contributed by atoms with E-state index in [1.807, 2.05) is 18.2 Å². The van der Waals surface area contributed by atoms with Crippen LogP contribution in [0.25, 0.3) is 0 Å². The molecule has 2 heterocycles. The summed E-state index contributed by atoms with van der Waals surface area (Å²) in [5.74, 6) is 0.610. The Balaban J connectivity index is 1.52. The summed E-state index contributed by atoms with van der Waals surface area (Å²) in [6.45, 7) is 1.31. The zero-order valence-corrected chi connectivity index (χ0v) is 16.7. The van der Waals surface area contributed by atoms with E-state index in [0.29, 0.717) is 30.6 Å².